The zero-order chi connectivity index (χ0) is 14.9. The van der Waals surface area contributed by atoms with Gasteiger partial charge in [-0.05, 0) is 12.1 Å². The number of nitrogen functional groups attached to an aromatic ring is 1. The summed E-state index contributed by atoms with van der Waals surface area (Å²) >= 11 is 0. The number of aromatic nitrogens is 2. The summed E-state index contributed by atoms with van der Waals surface area (Å²) in [5, 5.41) is 4.06. The lowest BCUT2D eigenvalue weighted by molar-refractivity contribution is 0.583. The van der Waals surface area contributed by atoms with Gasteiger partial charge in [-0.25, -0.2) is 17.2 Å². The average Bonchev–Trinajstić information content (AvgIpc) is 2.66. The van der Waals surface area contributed by atoms with E-state index >= 15 is 0 Å². The Morgan fingerprint density at radius 1 is 1.25 bits per heavy atom. The van der Waals surface area contributed by atoms with Crippen LogP contribution >= 0.6 is 0 Å². The maximum absolute atomic E-state index is 13.2. The molecule has 0 bridgehead atoms. The maximum atomic E-state index is 13.2. The van der Waals surface area contributed by atoms with Crippen LogP contribution in [0.5, 0.6) is 0 Å². The van der Waals surface area contributed by atoms with Crippen LogP contribution in [0.25, 0.3) is 11.3 Å². The van der Waals surface area contributed by atoms with E-state index in [0.29, 0.717) is 0 Å². The summed E-state index contributed by atoms with van der Waals surface area (Å²) in [6.07, 6.45) is 2.55. The van der Waals surface area contributed by atoms with Gasteiger partial charge < -0.3 is 5.73 Å². The van der Waals surface area contributed by atoms with E-state index < -0.39 is 21.5 Å². The molecule has 0 aliphatic rings. The van der Waals surface area contributed by atoms with Crippen LogP contribution in [-0.4, -0.2) is 30.2 Å². The van der Waals surface area contributed by atoms with E-state index in [2.05, 4.69) is 5.10 Å². The van der Waals surface area contributed by atoms with Gasteiger partial charge in [-0.15, -0.1) is 0 Å². The van der Waals surface area contributed by atoms with E-state index in [4.69, 9.17) is 5.73 Å². The fraction of sp³-hybridized carbons (Fsp3) is 0.250. The van der Waals surface area contributed by atoms with Crippen molar-refractivity contribution in [2.75, 3.05) is 17.7 Å². The third kappa shape index (κ3) is 3.53. The summed E-state index contributed by atoms with van der Waals surface area (Å²) in [6.45, 7) is 0.126. The molecule has 0 amide bonds. The third-order valence-electron chi connectivity index (χ3n) is 2.62. The monoisotopic (exact) mass is 301 g/mol. The highest BCUT2D eigenvalue weighted by Gasteiger charge is 2.12. The lowest BCUT2D eigenvalue weighted by atomic mass is 10.1. The first kappa shape index (κ1) is 14.4. The lowest BCUT2D eigenvalue weighted by Crippen LogP contribution is -2.11. The first-order chi connectivity index (χ1) is 9.24. The largest absolute Gasteiger partial charge is 0.396 e. The van der Waals surface area contributed by atoms with Gasteiger partial charge in [-0.3, -0.25) is 4.68 Å². The summed E-state index contributed by atoms with van der Waals surface area (Å²) in [5.41, 5.74) is 6.39. The van der Waals surface area contributed by atoms with Crippen LogP contribution in [0.1, 0.15) is 0 Å². The molecular weight excluding hydrogens is 288 g/mol. The highest BCUT2D eigenvalue weighted by molar-refractivity contribution is 7.90. The van der Waals surface area contributed by atoms with Crippen molar-refractivity contribution >= 4 is 15.5 Å². The zero-order valence-electron chi connectivity index (χ0n) is 10.7. The molecule has 5 nitrogen and oxygen atoms in total. The molecule has 0 aliphatic heterocycles. The second kappa shape index (κ2) is 5.20. The molecule has 20 heavy (non-hydrogen) atoms. The maximum Gasteiger partial charge on any atom is 0.149 e. The van der Waals surface area contributed by atoms with Gasteiger partial charge in [0.05, 0.1) is 18.0 Å². The minimum atomic E-state index is -3.13. The summed E-state index contributed by atoms with van der Waals surface area (Å²) in [4.78, 5) is 0. The summed E-state index contributed by atoms with van der Waals surface area (Å²) in [7, 11) is -3.13. The van der Waals surface area contributed by atoms with E-state index in [1.54, 1.807) is 0 Å². The molecule has 2 rings (SSSR count). The predicted octanol–water partition coefficient (Wildman–Crippen LogP) is 1.46. The molecule has 2 N–H and O–H groups in total. The predicted molar refractivity (Wildman–Crippen MR) is 71.7 cm³/mol. The molecule has 0 atom stereocenters. The molecular formula is C12H13F2N3O2S. The Kier molecular flexibility index (Phi) is 3.76. The average molecular weight is 301 g/mol. The molecule has 0 fully saturated rings. The number of halogens is 2. The second-order valence-electron chi connectivity index (χ2n) is 4.48. The molecule has 108 valence electrons. The first-order valence-electron chi connectivity index (χ1n) is 5.72. The molecule has 0 aliphatic carbocycles. The van der Waals surface area contributed by atoms with Gasteiger partial charge in [-0.2, -0.15) is 5.10 Å². The van der Waals surface area contributed by atoms with Crippen molar-refractivity contribution in [2.45, 2.75) is 6.54 Å². The minimum absolute atomic E-state index is 0.0922. The number of nitrogens with two attached hydrogens (primary N) is 1. The van der Waals surface area contributed by atoms with Crippen molar-refractivity contribution in [3.63, 3.8) is 0 Å². The van der Waals surface area contributed by atoms with Crippen molar-refractivity contribution in [2.24, 2.45) is 0 Å². The quantitative estimate of drug-likeness (QED) is 0.927. The van der Waals surface area contributed by atoms with E-state index in [-0.39, 0.29) is 29.2 Å². The number of sulfone groups is 1. The second-order valence-corrected chi connectivity index (χ2v) is 6.74. The Hall–Kier alpha value is -1.96. The van der Waals surface area contributed by atoms with Gasteiger partial charge >= 0.3 is 0 Å². The normalized spacial score (nSPS) is 11.8. The van der Waals surface area contributed by atoms with Crippen LogP contribution in [0.2, 0.25) is 0 Å². The number of nitrogens with zero attached hydrogens (tertiary/aromatic N) is 2. The lowest BCUT2D eigenvalue weighted by Gasteiger charge is -2.01. The van der Waals surface area contributed by atoms with Crippen LogP contribution in [0.3, 0.4) is 0 Å². The Bertz CT molecular complexity index is 721. The molecule has 1 aromatic heterocycles. The number of anilines is 1. The number of hydrogen-bond acceptors (Lipinski definition) is 4. The zero-order valence-corrected chi connectivity index (χ0v) is 11.5. The highest BCUT2D eigenvalue weighted by Crippen LogP contribution is 2.25. The fourth-order valence-corrected chi connectivity index (χ4v) is 2.24. The van der Waals surface area contributed by atoms with Crippen molar-refractivity contribution in [3.05, 3.63) is 36.0 Å². The molecule has 2 aromatic rings. The van der Waals surface area contributed by atoms with Crippen LogP contribution in [0.15, 0.2) is 24.4 Å². The molecule has 1 aromatic carbocycles. The van der Waals surface area contributed by atoms with Crippen molar-refractivity contribution in [3.8, 4) is 11.3 Å². The molecule has 1 heterocycles. The highest BCUT2D eigenvalue weighted by atomic mass is 32.2. The first-order valence-corrected chi connectivity index (χ1v) is 7.78. The van der Waals surface area contributed by atoms with E-state index in [1.165, 1.54) is 10.9 Å². The van der Waals surface area contributed by atoms with Gasteiger partial charge in [0.15, 0.2) is 0 Å². The van der Waals surface area contributed by atoms with Gasteiger partial charge in [0.25, 0.3) is 0 Å². The van der Waals surface area contributed by atoms with Gasteiger partial charge in [0.2, 0.25) is 0 Å². The number of aryl methyl sites for hydroxylation is 1. The van der Waals surface area contributed by atoms with Crippen molar-refractivity contribution < 1.29 is 17.2 Å². The van der Waals surface area contributed by atoms with Crippen molar-refractivity contribution in [1.29, 1.82) is 0 Å². The van der Waals surface area contributed by atoms with E-state index in [1.807, 2.05) is 0 Å². The van der Waals surface area contributed by atoms with Gasteiger partial charge in [0.1, 0.15) is 27.2 Å². The Morgan fingerprint density at radius 2 is 1.85 bits per heavy atom. The van der Waals surface area contributed by atoms with Crippen LogP contribution in [0.4, 0.5) is 14.5 Å². The fourth-order valence-electron chi connectivity index (χ4n) is 1.73. The Balaban J connectivity index is 2.31. The SMILES string of the molecule is CS(=O)(=O)CCn1cc(N)c(-c2cc(F)cc(F)c2)n1. The third-order valence-corrected chi connectivity index (χ3v) is 3.54. The summed E-state index contributed by atoms with van der Waals surface area (Å²) in [6, 6.07) is 2.98. The minimum Gasteiger partial charge on any atom is -0.396 e. The summed E-state index contributed by atoms with van der Waals surface area (Å²) in [5.74, 6) is -1.55. The van der Waals surface area contributed by atoms with Gasteiger partial charge in [0, 0.05) is 24.1 Å². The molecule has 0 radical (unpaired) electrons. The smallest absolute Gasteiger partial charge is 0.149 e. The molecule has 0 saturated heterocycles. The van der Waals surface area contributed by atoms with Crippen molar-refractivity contribution in [1.82, 2.24) is 9.78 Å². The molecule has 8 heteroatoms. The number of rotatable bonds is 4. The molecule has 0 spiro atoms. The Morgan fingerprint density at radius 3 is 2.40 bits per heavy atom. The van der Waals surface area contributed by atoms with Crippen LogP contribution < -0.4 is 5.73 Å². The number of hydrogen-bond donors (Lipinski definition) is 1. The molecule has 0 saturated carbocycles. The van der Waals surface area contributed by atoms with Crippen LogP contribution in [-0.2, 0) is 16.4 Å². The molecule has 0 unspecified atom stereocenters. The van der Waals surface area contributed by atoms with Crippen LogP contribution in [0, 0.1) is 11.6 Å². The Labute approximate surface area is 114 Å². The van der Waals surface area contributed by atoms with E-state index in [0.717, 1.165) is 24.5 Å². The van der Waals surface area contributed by atoms with E-state index in [9.17, 15) is 17.2 Å². The number of benzene rings is 1. The standard InChI is InChI=1S/C12H13F2N3O2S/c1-20(18,19)3-2-17-7-11(15)12(16-17)8-4-9(13)6-10(14)5-8/h4-7H,2-3,15H2,1H3. The van der Waals surface area contributed by atoms with Gasteiger partial charge in [-0.1, -0.05) is 0 Å². The topological polar surface area (TPSA) is 78.0 Å². The summed E-state index contributed by atoms with van der Waals surface area (Å²) < 4.78 is 49.8.